The molecule has 0 atom stereocenters. The first-order chi connectivity index (χ1) is 11.4. The van der Waals surface area contributed by atoms with Gasteiger partial charge >= 0.3 is 0 Å². The van der Waals surface area contributed by atoms with Gasteiger partial charge in [-0.05, 0) is 13.0 Å². The molecular formula is C13H9N5O5S. The van der Waals surface area contributed by atoms with Crippen molar-refractivity contribution in [1.29, 1.82) is 0 Å². The number of rotatable bonds is 4. The lowest BCUT2D eigenvalue weighted by Crippen LogP contribution is -2.37. The summed E-state index contributed by atoms with van der Waals surface area (Å²) in [6, 6.07) is 3.77. The molecule has 0 saturated heterocycles. The predicted octanol–water partition coefficient (Wildman–Crippen LogP) is 0.989. The van der Waals surface area contributed by atoms with E-state index in [-0.39, 0.29) is 16.3 Å². The highest BCUT2D eigenvalue weighted by atomic mass is 32.1. The van der Waals surface area contributed by atoms with Crippen LogP contribution in [-0.4, -0.2) is 44.3 Å². The van der Waals surface area contributed by atoms with Crippen LogP contribution in [0.5, 0.6) is 0 Å². The van der Waals surface area contributed by atoms with Crippen LogP contribution in [0.4, 0.5) is 10.8 Å². The van der Waals surface area contributed by atoms with Crippen LogP contribution in [0.15, 0.2) is 18.2 Å². The van der Waals surface area contributed by atoms with E-state index in [4.69, 9.17) is 0 Å². The Morgan fingerprint density at radius 3 is 2.71 bits per heavy atom. The number of nitro groups is 1. The normalized spacial score (nSPS) is 13.1. The molecule has 3 amide bonds. The van der Waals surface area contributed by atoms with Crippen molar-refractivity contribution >= 4 is 39.9 Å². The van der Waals surface area contributed by atoms with Crippen LogP contribution < -0.4 is 5.32 Å². The van der Waals surface area contributed by atoms with Crippen molar-refractivity contribution in [2.45, 2.75) is 6.92 Å². The van der Waals surface area contributed by atoms with Crippen LogP contribution in [0, 0.1) is 17.0 Å². The van der Waals surface area contributed by atoms with Crippen molar-refractivity contribution in [2.75, 3.05) is 11.9 Å². The maximum absolute atomic E-state index is 12.3. The number of imide groups is 1. The molecule has 122 valence electrons. The minimum Gasteiger partial charge on any atom is -0.299 e. The molecule has 1 N–H and O–H groups in total. The fraction of sp³-hybridized carbons (Fsp3) is 0.154. The van der Waals surface area contributed by atoms with Gasteiger partial charge in [0.1, 0.15) is 17.1 Å². The highest BCUT2D eigenvalue weighted by molar-refractivity contribution is 7.15. The van der Waals surface area contributed by atoms with Gasteiger partial charge < -0.3 is 0 Å². The molecule has 0 fully saturated rings. The molecule has 1 aromatic carbocycles. The number of hydrogen-bond donors (Lipinski definition) is 1. The summed E-state index contributed by atoms with van der Waals surface area (Å²) in [5, 5.41) is 21.7. The summed E-state index contributed by atoms with van der Waals surface area (Å²) in [7, 11) is 0. The number of nitrogens with zero attached hydrogens (tertiary/aromatic N) is 4. The van der Waals surface area contributed by atoms with Crippen molar-refractivity contribution in [2.24, 2.45) is 0 Å². The summed E-state index contributed by atoms with van der Waals surface area (Å²) in [5.41, 5.74) is -0.852. The maximum Gasteiger partial charge on any atom is 0.282 e. The molecule has 2 heterocycles. The molecule has 1 aliphatic heterocycles. The van der Waals surface area contributed by atoms with Crippen molar-refractivity contribution in [1.82, 2.24) is 15.1 Å². The number of amides is 3. The first-order valence-corrected chi connectivity index (χ1v) is 7.43. The van der Waals surface area contributed by atoms with Gasteiger partial charge in [-0.1, -0.05) is 17.4 Å². The topological polar surface area (TPSA) is 135 Å². The Morgan fingerprint density at radius 1 is 1.33 bits per heavy atom. The average molecular weight is 347 g/mol. The zero-order valence-corrected chi connectivity index (χ0v) is 13.0. The fourth-order valence-electron chi connectivity index (χ4n) is 2.26. The molecule has 11 heteroatoms. The monoisotopic (exact) mass is 347 g/mol. The Bertz CT molecular complexity index is 893. The van der Waals surface area contributed by atoms with Crippen molar-refractivity contribution in [3.63, 3.8) is 0 Å². The minimum atomic E-state index is -0.870. The van der Waals surface area contributed by atoms with Gasteiger partial charge in [-0.25, -0.2) is 0 Å². The molecule has 0 aliphatic carbocycles. The lowest BCUT2D eigenvalue weighted by atomic mass is 10.1. The zero-order chi connectivity index (χ0) is 17.4. The molecular weight excluding hydrogens is 338 g/mol. The van der Waals surface area contributed by atoms with E-state index in [1.807, 2.05) is 0 Å². The molecule has 10 nitrogen and oxygen atoms in total. The van der Waals surface area contributed by atoms with Crippen LogP contribution in [0.1, 0.15) is 25.7 Å². The first-order valence-electron chi connectivity index (χ1n) is 6.62. The Hall–Kier alpha value is -3.21. The van der Waals surface area contributed by atoms with Crippen molar-refractivity contribution in [3.05, 3.63) is 44.4 Å². The smallest absolute Gasteiger partial charge is 0.282 e. The number of benzene rings is 1. The largest absolute Gasteiger partial charge is 0.299 e. The number of carbonyl (C=O) groups is 3. The Morgan fingerprint density at radius 2 is 2.08 bits per heavy atom. The highest BCUT2D eigenvalue weighted by Crippen LogP contribution is 2.30. The average Bonchev–Trinajstić information content (AvgIpc) is 3.04. The van der Waals surface area contributed by atoms with E-state index in [0.29, 0.717) is 9.91 Å². The molecule has 0 radical (unpaired) electrons. The standard InChI is InChI=1S/C13H9N5O5S/c1-6-15-16-13(24-6)14-9(19)5-17-11(20)7-3-2-4-8(18(22)23)10(7)12(17)21/h2-4H,5H2,1H3,(H,14,16,19). The lowest BCUT2D eigenvalue weighted by Gasteiger charge is -2.12. The van der Waals surface area contributed by atoms with Crippen LogP contribution in [0.3, 0.4) is 0 Å². The third-order valence-electron chi connectivity index (χ3n) is 3.25. The van der Waals surface area contributed by atoms with E-state index in [1.54, 1.807) is 6.92 Å². The summed E-state index contributed by atoms with van der Waals surface area (Å²) in [5.74, 6) is -2.27. The second-order valence-corrected chi connectivity index (χ2v) is 6.01. The van der Waals surface area contributed by atoms with Crippen LogP contribution in [-0.2, 0) is 4.79 Å². The third kappa shape index (κ3) is 2.60. The van der Waals surface area contributed by atoms with E-state index < -0.39 is 34.9 Å². The van der Waals surface area contributed by atoms with Gasteiger partial charge in [0.15, 0.2) is 0 Å². The van der Waals surface area contributed by atoms with E-state index >= 15 is 0 Å². The molecule has 0 spiro atoms. The predicted molar refractivity (Wildman–Crippen MR) is 81.7 cm³/mol. The van der Waals surface area contributed by atoms with Gasteiger partial charge in [0, 0.05) is 6.07 Å². The summed E-state index contributed by atoms with van der Waals surface area (Å²) in [6.07, 6.45) is 0. The van der Waals surface area contributed by atoms with Crippen LogP contribution in [0.2, 0.25) is 0 Å². The number of carbonyl (C=O) groups excluding carboxylic acids is 3. The van der Waals surface area contributed by atoms with Crippen molar-refractivity contribution < 1.29 is 19.3 Å². The first kappa shape index (κ1) is 15.7. The SMILES string of the molecule is Cc1nnc(NC(=O)CN2C(=O)c3cccc([N+](=O)[O-])c3C2=O)s1. The van der Waals surface area contributed by atoms with Gasteiger partial charge in [0.05, 0.1) is 10.5 Å². The number of aromatic nitrogens is 2. The number of aryl methyl sites for hydroxylation is 1. The van der Waals surface area contributed by atoms with Crippen LogP contribution in [0.25, 0.3) is 0 Å². The Labute approximate surface area is 138 Å². The minimum absolute atomic E-state index is 0.0891. The van der Waals surface area contributed by atoms with E-state index in [1.165, 1.54) is 12.1 Å². The fourth-order valence-corrected chi connectivity index (χ4v) is 2.87. The van der Waals surface area contributed by atoms with Gasteiger partial charge in [-0.2, -0.15) is 0 Å². The third-order valence-corrected chi connectivity index (χ3v) is 4.00. The number of fused-ring (bicyclic) bond motifs is 1. The molecule has 1 aromatic heterocycles. The Kier molecular flexibility index (Phi) is 3.77. The summed E-state index contributed by atoms with van der Waals surface area (Å²) in [6.45, 7) is 1.14. The molecule has 2 aromatic rings. The second kappa shape index (κ2) is 5.77. The summed E-state index contributed by atoms with van der Waals surface area (Å²) < 4.78 is 0. The van der Waals surface area contributed by atoms with E-state index in [2.05, 4.69) is 15.5 Å². The summed E-state index contributed by atoms with van der Waals surface area (Å²) in [4.78, 5) is 47.5. The van der Waals surface area contributed by atoms with Gasteiger partial charge in [-0.3, -0.25) is 34.7 Å². The van der Waals surface area contributed by atoms with Crippen LogP contribution >= 0.6 is 11.3 Å². The second-order valence-electron chi connectivity index (χ2n) is 4.83. The molecule has 0 bridgehead atoms. The molecule has 1 aliphatic rings. The van der Waals surface area contributed by atoms with Crippen molar-refractivity contribution in [3.8, 4) is 0 Å². The molecule has 0 unspecified atom stereocenters. The quantitative estimate of drug-likeness (QED) is 0.495. The molecule has 24 heavy (non-hydrogen) atoms. The number of nitro benzene ring substituents is 1. The number of anilines is 1. The van der Waals surface area contributed by atoms with Gasteiger partial charge in [-0.15, -0.1) is 10.2 Å². The Balaban J connectivity index is 1.82. The number of nitrogens with one attached hydrogen (secondary N) is 1. The zero-order valence-electron chi connectivity index (χ0n) is 12.2. The summed E-state index contributed by atoms with van der Waals surface area (Å²) >= 11 is 1.14. The number of hydrogen-bond acceptors (Lipinski definition) is 8. The molecule has 3 rings (SSSR count). The maximum atomic E-state index is 12.3. The lowest BCUT2D eigenvalue weighted by molar-refractivity contribution is -0.385. The van der Waals surface area contributed by atoms with E-state index in [9.17, 15) is 24.5 Å². The van der Waals surface area contributed by atoms with Gasteiger partial charge in [0.25, 0.3) is 17.5 Å². The molecule has 0 saturated carbocycles. The highest BCUT2D eigenvalue weighted by Gasteiger charge is 2.41. The van der Waals surface area contributed by atoms with Gasteiger partial charge in [0.2, 0.25) is 11.0 Å². The van der Waals surface area contributed by atoms with E-state index in [0.717, 1.165) is 17.4 Å².